The molecule has 2 N–H and O–H groups in total. The molecule has 0 aliphatic rings. The zero-order chi connectivity index (χ0) is 15.2. The minimum absolute atomic E-state index is 0.138. The van der Waals surface area contributed by atoms with Crippen molar-refractivity contribution in [1.82, 2.24) is 9.97 Å². The predicted octanol–water partition coefficient (Wildman–Crippen LogP) is 2.90. The third kappa shape index (κ3) is 4.03. The fourth-order valence-corrected chi connectivity index (χ4v) is 1.88. The molecule has 0 aliphatic heterocycles. The maximum absolute atomic E-state index is 10.9. The lowest BCUT2D eigenvalue weighted by atomic mass is 10.2. The van der Waals surface area contributed by atoms with Gasteiger partial charge in [-0.15, -0.1) is 0 Å². The van der Waals surface area contributed by atoms with Crippen LogP contribution in [-0.2, 0) is 6.54 Å². The lowest BCUT2D eigenvalue weighted by molar-refractivity contribution is -0.384. The first-order valence-corrected chi connectivity index (χ1v) is 6.51. The Bertz CT molecular complexity index is 650. The molecule has 0 amide bonds. The first kappa shape index (κ1) is 15.0. The highest BCUT2D eigenvalue weighted by Gasteiger charge is 2.16. The van der Waals surface area contributed by atoms with Crippen LogP contribution < -0.4 is 10.6 Å². The van der Waals surface area contributed by atoms with E-state index in [9.17, 15) is 10.1 Å². The van der Waals surface area contributed by atoms with Crippen molar-refractivity contribution in [3.63, 3.8) is 0 Å². The van der Waals surface area contributed by atoms with Gasteiger partial charge in [0.25, 0.3) is 0 Å². The molecule has 21 heavy (non-hydrogen) atoms. The molecule has 8 heteroatoms. The van der Waals surface area contributed by atoms with E-state index in [1.165, 1.54) is 0 Å². The zero-order valence-electron chi connectivity index (χ0n) is 11.0. The SMILES string of the molecule is [CH2]CNc1nc(NCc2cccc(Cl)c2)ncc1[N+](=O)[O-]. The summed E-state index contributed by atoms with van der Waals surface area (Å²) in [5.41, 5.74) is 0.767. The Labute approximate surface area is 126 Å². The topological polar surface area (TPSA) is 93.0 Å². The summed E-state index contributed by atoms with van der Waals surface area (Å²) in [7, 11) is 0. The van der Waals surface area contributed by atoms with E-state index in [1.54, 1.807) is 6.07 Å². The maximum atomic E-state index is 10.9. The Balaban J connectivity index is 2.13. The molecule has 0 unspecified atom stereocenters. The molecule has 0 saturated heterocycles. The van der Waals surface area contributed by atoms with Crippen LogP contribution >= 0.6 is 11.6 Å². The smallest absolute Gasteiger partial charge is 0.329 e. The van der Waals surface area contributed by atoms with Crippen molar-refractivity contribution in [2.45, 2.75) is 6.54 Å². The second-order valence-corrected chi connectivity index (χ2v) is 4.53. The van der Waals surface area contributed by atoms with Crippen LogP contribution in [0.25, 0.3) is 0 Å². The quantitative estimate of drug-likeness (QED) is 0.629. The summed E-state index contributed by atoms with van der Waals surface area (Å²) in [4.78, 5) is 18.3. The molecule has 1 heterocycles. The van der Waals surface area contributed by atoms with Crippen molar-refractivity contribution in [2.24, 2.45) is 0 Å². The van der Waals surface area contributed by atoms with Crippen LogP contribution in [0.5, 0.6) is 0 Å². The Hall–Kier alpha value is -2.41. The van der Waals surface area contributed by atoms with Gasteiger partial charge in [-0.1, -0.05) is 23.7 Å². The minimum atomic E-state index is -0.543. The van der Waals surface area contributed by atoms with Crippen molar-refractivity contribution < 1.29 is 4.92 Å². The summed E-state index contributed by atoms with van der Waals surface area (Å²) in [6.07, 6.45) is 1.16. The monoisotopic (exact) mass is 306 g/mol. The van der Waals surface area contributed by atoms with Gasteiger partial charge in [-0.2, -0.15) is 4.98 Å². The highest BCUT2D eigenvalue weighted by atomic mass is 35.5. The average molecular weight is 307 g/mol. The van der Waals surface area contributed by atoms with Gasteiger partial charge in [0.1, 0.15) is 6.20 Å². The number of halogens is 1. The summed E-state index contributed by atoms with van der Waals surface area (Å²) in [5.74, 6) is 0.426. The van der Waals surface area contributed by atoms with E-state index in [2.05, 4.69) is 27.5 Å². The van der Waals surface area contributed by atoms with Crippen LogP contribution in [-0.4, -0.2) is 21.4 Å². The molecule has 1 aromatic carbocycles. The molecule has 0 spiro atoms. The van der Waals surface area contributed by atoms with Crippen molar-refractivity contribution in [2.75, 3.05) is 17.2 Å². The molecule has 0 bridgehead atoms. The van der Waals surface area contributed by atoms with Gasteiger partial charge >= 0.3 is 5.69 Å². The van der Waals surface area contributed by atoms with E-state index >= 15 is 0 Å². The average Bonchev–Trinajstić information content (AvgIpc) is 2.45. The fourth-order valence-electron chi connectivity index (χ4n) is 1.67. The predicted molar refractivity (Wildman–Crippen MR) is 81.3 cm³/mol. The van der Waals surface area contributed by atoms with Crippen molar-refractivity contribution >= 4 is 29.1 Å². The summed E-state index contributed by atoms with van der Waals surface area (Å²) in [5, 5.41) is 17.2. The first-order valence-electron chi connectivity index (χ1n) is 6.13. The van der Waals surface area contributed by atoms with Crippen molar-refractivity contribution in [1.29, 1.82) is 0 Å². The van der Waals surface area contributed by atoms with Crippen molar-refractivity contribution in [3.8, 4) is 0 Å². The minimum Gasteiger partial charge on any atom is -0.364 e. The van der Waals surface area contributed by atoms with Crippen LogP contribution in [0, 0.1) is 17.0 Å². The number of hydrogen-bond donors (Lipinski definition) is 2. The number of rotatable bonds is 6. The highest BCUT2D eigenvalue weighted by Crippen LogP contribution is 2.22. The highest BCUT2D eigenvalue weighted by molar-refractivity contribution is 6.30. The van der Waals surface area contributed by atoms with Gasteiger partial charge in [-0.3, -0.25) is 10.1 Å². The Morgan fingerprint density at radius 3 is 2.86 bits per heavy atom. The molecule has 7 nitrogen and oxygen atoms in total. The van der Waals surface area contributed by atoms with E-state index < -0.39 is 4.92 Å². The Morgan fingerprint density at radius 2 is 2.19 bits per heavy atom. The molecule has 0 atom stereocenters. The summed E-state index contributed by atoms with van der Waals surface area (Å²) in [6, 6.07) is 7.34. The first-order chi connectivity index (χ1) is 10.1. The Kier molecular flexibility index (Phi) is 4.89. The summed E-state index contributed by atoms with van der Waals surface area (Å²) >= 11 is 5.90. The van der Waals surface area contributed by atoms with E-state index in [1.807, 2.05) is 18.2 Å². The third-order valence-electron chi connectivity index (χ3n) is 2.60. The molecular weight excluding hydrogens is 294 g/mol. The molecule has 2 aromatic rings. The zero-order valence-corrected chi connectivity index (χ0v) is 11.8. The van der Waals surface area contributed by atoms with E-state index in [0.29, 0.717) is 11.6 Å². The Morgan fingerprint density at radius 1 is 1.38 bits per heavy atom. The van der Waals surface area contributed by atoms with Gasteiger partial charge in [-0.05, 0) is 24.6 Å². The number of nitro groups is 1. The standard InChI is InChI=1S/C13H13ClN5O2/c1-2-15-12-11(19(20)21)8-17-13(18-12)16-7-9-4-3-5-10(14)6-9/h3-6,8H,1-2,7H2,(H2,15,16,17,18). The maximum Gasteiger partial charge on any atom is 0.329 e. The van der Waals surface area contributed by atoms with Crippen LogP contribution in [0.1, 0.15) is 5.56 Å². The van der Waals surface area contributed by atoms with Gasteiger partial charge < -0.3 is 10.6 Å². The molecule has 1 aromatic heterocycles. The largest absolute Gasteiger partial charge is 0.364 e. The second-order valence-electron chi connectivity index (χ2n) is 4.09. The summed E-state index contributed by atoms with van der Waals surface area (Å²) in [6.45, 7) is 4.33. The number of hydrogen-bond acceptors (Lipinski definition) is 6. The van der Waals surface area contributed by atoms with Gasteiger partial charge in [0.15, 0.2) is 0 Å². The van der Waals surface area contributed by atoms with Crippen LogP contribution in [0.3, 0.4) is 0 Å². The number of anilines is 2. The van der Waals surface area contributed by atoms with Crippen LogP contribution in [0.15, 0.2) is 30.5 Å². The molecular formula is C13H13ClN5O2. The number of benzene rings is 1. The van der Waals surface area contributed by atoms with Crippen LogP contribution in [0.4, 0.5) is 17.5 Å². The van der Waals surface area contributed by atoms with Gasteiger partial charge in [-0.25, -0.2) is 4.98 Å². The number of nitrogens with one attached hydrogen (secondary N) is 2. The van der Waals surface area contributed by atoms with E-state index in [0.717, 1.165) is 11.8 Å². The normalized spacial score (nSPS) is 10.2. The van der Waals surface area contributed by atoms with Gasteiger partial charge in [0, 0.05) is 18.1 Å². The molecule has 0 saturated carbocycles. The van der Waals surface area contributed by atoms with E-state index in [-0.39, 0.29) is 24.0 Å². The second kappa shape index (κ2) is 6.85. The molecule has 0 fully saturated rings. The van der Waals surface area contributed by atoms with Gasteiger partial charge in [0.2, 0.25) is 11.8 Å². The third-order valence-corrected chi connectivity index (χ3v) is 2.83. The lowest BCUT2D eigenvalue weighted by Gasteiger charge is -2.08. The number of aromatic nitrogens is 2. The fraction of sp³-hybridized carbons (Fsp3) is 0.154. The molecule has 2 rings (SSSR count). The van der Waals surface area contributed by atoms with Gasteiger partial charge in [0.05, 0.1) is 4.92 Å². The van der Waals surface area contributed by atoms with Crippen LogP contribution in [0.2, 0.25) is 5.02 Å². The lowest BCUT2D eigenvalue weighted by Crippen LogP contribution is -2.09. The molecule has 109 valence electrons. The van der Waals surface area contributed by atoms with E-state index in [4.69, 9.17) is 11.6 Å². The van der Waals surface area contributed by atoms with Crippen molar-refractivity contribution in [3.05, 3.63) is 58.1 Å². The molecule has 1 radical (unpaired) electrons. The summed E-state index contributed by atoms with van der Waals surface area (Å²) < 4.78 is 0. The molecule has 0 aliphatic carbocycles. The number of nitrogens with zero attached hydrogens (tertiary/aromatic N) is 3.